The molecule has 0 saturated carbocycles. The summed E-state index contributed by atoms with van der Waals surface area (Å²) < 4.78 is 14.3. The molecule has 3 unspecified atom stereocenters. The molecule has 2 N–H and O–H groups in total. The number of carbonyl (C=O) groups excluding carboxylic acids is 1. The molecule has 30 heavy (non-hydrogen) atoms. The van der Waals surface area contributed by atoms with Crippen LogP contribution in [-0.2, 0) is 4.79 Å². The summed E-state index contributed by atoms with van der Waals surface area (Å²) in [6, 6.07) is 22.7. The van der Waals surface area contributed by atoms with Gasteiger partial charge in [0, 0.05) is 18.0 Å². The number of rotatable bonds is 2. The molecule has 3 nitrogen and oxygen atoms in total. The zero-order chi connectivity index (χ0) is 20.7. The molecule has 0 spiro atoms. The van der Waals surface area contributed by atoms with Crippen LogP contribution in [-0.4, -0.2) is 5.78 Å². The van der Waals surface area contributed by atoms with Gasteiger partial charge in [0.1, 0.15) is 11.6 Å². The Bertz CT molecular complexity index is 1140. The van der Waals surface area contributed by atoms with Gasteiger partial charge in [0.2, 0.25) is 0 Å². The maximum atomic E-state index is 13.9. The second-order valence-electron chi connectivity index (χ2n) is 7.75. The molecule has 150 valence electrons. The Morgan fingerprint density at radius 3 is 2.40 bits per heavy atom. The molecule has 1 aliphatic carbocycles. The fourth-order valence-electron chi connectivity index (χ4n) is 4.40. The number of hydrogen-bond acceptors (Lipinski definition) is 3. The van der Waals surface area contributed by atoms with Crippen LogP contribution in [0.4, 0.5) is 15.8 Å². The Kier molecular flexibility index (Phi) is 4.91. The van der Waals surface area contributed by atoms with Crippen molar-refractivity contribution in [1.82, 2.24) is 0 Å². The van der Waals surface area contributed by atoms with Crippen LogP contribution in [0.1, 0.15) is 29.5 Å². The van der Waals surface area contributed by atoms with Crippen molar-refractivity contribution in [2.45, 2.75) is 18.4 Å². The zero-order valence-corrected chi connectivity index (χ0v) is 17.7. The molecule has 0 bridgehead atoms. The third kappa shape index (κ3) is 3.43. The summed E-state index contributed by atoms with van der Waals surface area (Å²) in [5.74, 6) is -0.501. The number of anilines is 2. The molecule has 1 heterocycles. The number of nitrogens with one attached hydrogen (secondary N) is 2. The van der Waals surface area contributed by atoms with Crippen molar-refractivity contribution >= 4 is 33.1 Å². The number of fused-ring (bicyclic) bond motifs is 2. The first-order chi connectivity index (χ1) is 14.6. The van der Waals surface area contributed by atoms with Gasteiger partial charge >= 0.3 is 0 Å². The molecule has 3 atom stereocenters. The molecular weight excluding hydrogens is 443 g/mol. The van der Waals surface area contributed by atoms with E-state index in [2.05, 4.69) is 44.8 Å². The van der Waals surface area contributed by atoms with Crippen LogP contribution in [0.3, 0.4) is 0 Å². The molecule has 2 aliphatic rings. The fraction of sp³-hybridized carbons (Fsp3) is 0.160. The molecule has 5 heteroatoms. The molecular formula is C25H20BrFN2O. The minimum atomic E-state index is -0.380. The van der Waals surface area contributed by atoms with E-state index in [0.29, 0.717) is 10.9 Å². The Morgan fingerprint density at radius 1 is 0.900 bits per heavy atom. The topological polar surface area (TPSA) is 41.1 Å². The van der Waals surface area contributed by atoms with E-state index in [1.54, 1.807) is 12.1 Å². The highest BCUT2D eigenvalue weighted by Gasteiger charge is 2.39. The standard InChI is InChI=1S/C25H20BrFN2O/c26-18-12-16(10-11-19(18)27)25-24-22(28-20-8-4-5-9-21(20)29-25)13-17(14-23(24)30)15-6-2-1-3-7-15/h1-13,17,24-25,28-29H,14H2. The van der Waals surface area contributed by atoms with Gasteiger partial charge in [-0.15, -0.1) is 0 Å². The number of carbonyl (C=O) groups is 1. The molecule has 0 amide bonds. The molecule has 1 aliphatic heterocycles. The van der Waals surface area contributed by atoms with E-state index in [9.17, 15) is 9.18 Å². The van der Waals surface area contributed by atoms with Gasteiger partial charge in [0.25, 0.3) is 0 Å². The maximum Gasteiger partial charge on any atom is 0.145 e. The first kappa shape index (κ1) is 19.1. The van der Waals surface area contributed by atoms with Crippen molar-refractivity contribution in [1.29, 1.82) is 0 Å². The zero-order valence-electron chi connectivity index (χ0n) is 16.1. The summed E-state index contributed by atoms with van der Waals surface area (Å²) in [7, 11) is 0. The smallest absolute Gasteiger partial charge is 0.145 e. The van der Waals surface area contributed by atoms with E-state index >= 15 is 0 Å². The lowest BCUT2D eigenvalue weighted by atomic mass is 9.76. The largest absolute Gasteiger partial charge is 0.375 e. The van der Waals surface area contributed by atoms with Crippen molar-refractivity contribution in [3.8, 4) is 0 Å². The number of para-hydroxylation sites is 2. The van der Waals surface area contributed by atoms with Crippen molar-refractivity contribution < 1.29 is 9.18 Å². The van der Waals surface area contributed by atoms with Crippen molar-refractivity contribution in [2.75, 3.05) is 10.6 Å². The first-order valence-electron chi connectivity index (χ1n) is 9.97. The SMILES string of the molecule is O=C1CC(c2ccccc2)C=C2Nc3ccccc3NC(c3ccc(F)c(Br)c3)C12. The van der Waals surface area contributed by atoms with Crippen molar-refractivity contribution in [3.05, 3.63) is 106 Å². The first-order valence-corrected chi connectivity index (χ1v) is 10.8. The van der Waals surface area contributed by atoms with Gasteiger partial charge in [0.15, 0.2) is 0 Å². The highest BCUT2D eigenvalue weighted by atomic mass is 79.9. The van der Waals surface area contributed by atoms with Crippen LogP contribution in [0.5, 0.6) is 0 Å². The van der Waals surface area contributed by atoms with E-state index in [-0.39, 0.29) is 29.5 Å². The average molecular weight is 463 g/mol. The number of ketones is 1. The van der Waals surface area contributed by atoms with E-state index in [4.69, 9.17) is 0 Å². The highest BCUT2D eigenvalue weighted by Crippen LogP contribution is 2.44. The summed E-state index contributed by atoms with van der Waals surface area (Å²) in [6.45, 7) is 0. The Labute approximate surface area is 183 Å². The van der Waals surface area contributed by atoms with Gasteiger partial charge < -0.3 is 10.6 Å². The van der Waals surface area contributed by atoms with E-state index in [1.165, 1.54) is 6.07 Å². The molecule has 5 rings (SSSR count). The van der Waals surface area contributed by atoms with Gasteiger partial charge in [0.05, 0.1) is 27.8 Å². The lowest BCUT2D eigenvalue weighted by Gasteiger charge is -2.32. The monoisotopic (exact) mass is 462 g/mol. The molecule has 3 aromatic carbocycles. The van der Waals surface area contributed by atoms with Crippen LogP contribution >= 0.6 is 15.9 Å². The number of allylic oxidation sites excluding steroid dienone is 1. The fourth-order valence-corrected chi connectivity index (χ4v) is 4.80. The quantitative estimate of drug-likeness (QED) is 0.461. The van der Waals surface area contributed by atoms with Crippen LogP contribution in [0.15, 0.2) is 89.0 Å². The summed E-state index contributed by atoms with van der Waals surface area (Å²) in [4.78, 5) is 13.4. The maximum absolute atomic E-state index is 13.9. The third-order valence-corrected chi connectivity index (χ3v) is 6.47. The van der Waals surface area contributed by atoms with Gasteiger partial charge in [-0.3, -0.25) is 4.79 Å². The average Bonchev–Trinajstić information content (AvgIpc) is 2.93. The van der Waals surface area contributed by atoms with E-state index in [1.807, 2.05) is 42.5 Å². The lowest BCUT2D eigenvalue weighted by Crippen LogP contribution is -2.33. The molecule has 3 aromatic rings. The van der Waals surface area contributed by atoms with E-state index in [0.717, 1.165) is 28.2 Å². The van der Waals surface area contributed by atoms with Crippen LogP contribution < -0.4 is 10.6 Å². The van der Waals surface area contributed by atoms with Crippen molar-refractivity contribution in [3.63, 3.8) is 0 Å². The van der Waals surface area contributed by atoms with Crippen LogP contribution in [0, 0.1) is 11.7 Å². The Balaban J connectivity index is 1.63. The predicted octanol–water partition coefficient (Wildman–Crippen LogP) is 6.42. The normalized spacial score (nSPS) is 22.7. The molecule has 0 aromatic heterocycles. The van der Waals surface area contributed by atoms with Gasteiger partial charge in [-0.1, -0.05) is 54.6 Å². The number of benzene rings is 3. The van der Waals surface area contributed by atoms with Crippen molar-refractivity contribution in [2.24, 2.45) is 5.92 Å². The van der Waals surface area contributed by atoms with Crippen LogP contribution in [0.25, 0.3) is 0 Å². The van der Waals surface area contributed by atoms with Gasteiger partial charge in [-0.05, 0) is 51.3 Å². The number of Topliss-reactive ketones (excluding diaryl/α,β-unsaturated/α-hetero) is 1. The third-order valence-electron chi connectivity index (χ3n) is 5.86. The van der Waals surface area contributed by atoms with Gasteiger partial charge in [-0.2, -0.15) is 0 Å². The highest BCUT2D eigenvalue weighted by molar-refractivity contribution is 9.10. The summed E-state index contributed by atoms with van der Waals surface area (Å²) in [5, 5.41) is 7.05. The second kappa shape index (κ2) is 7.73. The second-order valence-corrected chi connectivity index (χ2v) is 8.61. The summed E-state index contributed by atoms with van der Waals surface area (Å²) >= 11 is 3.29. The van der Waals surface area contributed by atoms with Crippen LogP contribution in [0.2, 0.25) is 0 Å². The molecule has 0 fully saturated rings. The molecule has 0 saturated heterocycles. The molecule has 0 radical (unpaired) electrons. The minimum Gasteiger partial charge on any atom is -0.375 e. The Hall–Kier alpha value is -2.92. The predicted molar refractivity (Wildman–Crippen MR) is 121 cm³/mol. The summed E-state index contributed by atoms with van der Waals surface area (Å²) in [5.41, 5.74) is 4.73. The van der Waals surface area contributed by atoms with E-state index < -0.39 is 0 Å². The Morgan fingerprint density at radius 2 is 1.63 bits per heavy atom. The number of hydrogen-bond donors (Lipinski definition) is 2. The van der Waals surface area contributed by atoms with Gasteiger partial charge in [-0.25, -0.2) is 4.39 Å². The minimum absolute atomic E-state index is 0.0308. The number of halogens is 2. The lowest BCUT2D eigenvalue weighted by molar-refractivity contribution is -0.122. The summed E-state index contributed by atoms with van der Waals surface area (Å²) in [6.07, 6.45) is 2.62.